The van der Waals surface area contributed by atoms with Crippen LogP contribution in [0.15, 0.2) is 18.2 Å². The minimum absolute atomic E-state index is 0.426. The molecule has 0 amide bonds. The molecule has 0 nitrogen and oxygen atoms in total. The zero-order chi connectivity index (χ0) is 20.9. The Morgan fingerprint density at radius 3 is 1.67 bits per heavy atom. The summed E-state index contributed by atoms with van der Waals surface area (Å²) in [5.41, 5.74) is 1.00. The van der Waals surface area contributed by atoms with Crippen molar-refractivity contribution in [2.45, 2.75) is 109 Å². The van der Waals surface area contributed by atoms with Crippen molar-refractivity contribution in [3.05, 3.63) is 35.4 Å². The first-order valence-electron chi connectivity index (χ1n) is 13.1. The van der Waals surface area contributed by atoms with Gasteiger partial charge in [-0.1, -0.05) is 70.8 Å². The Hall–Kier alpha value is -0.920. The van der Waals surface area contributed by atoms with Crippen LogP contribution in [-0.4, -0.2) is 0 Å². The van der Waals surface area contributed by atoms with Crippen LogP contribution in [-0.2, 0) is 0 Å². The van der Waals surface area contributed by atoms with Crippen LogP contribution >= 0.6 is 0 Å². The van der Waals surface area contributed by atoms with Crippen molar-refractivity contribution in [2.75, 3.05) is 0 Å². The molecule has 0 atom stereocenters. The van der Waals surface area contributed by atoms with E-state index in [1.807, 2.05) is 0 Å². The molecule has 0 radical (unpaired) electrons. The SMILES string of the molecule is CCC1CCC(CCC2CCC(C3CCC(c4ccc(F)c(F)c4)CC3)CC2)CC1. The van der Waals surface area contributed by atoms with E-state index in [2.05, 4.69) is 6.92 Å². The van der Waals surface area contributed by atoms with Gasteiger partial charge in [-0.25, -0.2) is 8.78 Å². The van der Waals surface area contributed by atoms with E-state index in [0.717, 1.165) is 48.0 Å². The highest BCUT2D eigenvalue weighted by Gasteiger charge is 2.32. The third-order valence-electron chi connectivity index (χ3n) is 9.27. The monoisotopic (exact) mass is 416 g/mol. The van der Waals surface area contributed by atoms with Crippen LogP contribution in [0.2, 0.25) is 0 Å². The largest absolute Gasteiger partial charge is 0.204 e. The van der Waals surface area contributed by atoms with Crippen molar-refractivity contribution in [3.8, 4) is 0 Å². The van der Waals surface area contributed by atoms with Gasteiger partial charge in [0, 0.05) is 0 Å². The second-order valence-electron chi connectivity index (χ2n) is 10.9. The molecule has 3 fully saturated rings. The molecule has 0 spiro atoms. The molecule has 0 N–H and O–H groups in total. The molecular weight excluding hydrogens is 374 g/mol. The highest BCUT2D eigenvalue weighted by atomic mass is 19.2. The maximum Gasteiger partial charge on any atom is 0.159 e. The summed E-state index contributed by atoms with van der Waals surface area (Å²) in [6.45, 7) is 2.36. The minimum Gasteiger partial charge on any atom is -0.204 e. The number of hydrogen-bond donors (Lipinski definition) is 0. The number of rotatable bonds is 6. The van der Waals surface area contributed by atoms with E-state index in [9.17, 15) is 8.78 Å². The summed E-state index contributed by atoms with van der Waals surface area (Å²) in [6.07, 6.45) is 21.0. The van der Waals surface area contributed by atoms with Crippen LogP contribution in [0.1, 0.15) is 115 Å². The summed E-state index contributed by atoms with van der Waals surface area (Å²) in [7, 11) is 0. The molecule has 0 saturated heterocycles. The Balaban J connectivity index is 1.15. The summed E-state index contributed by atoms with van der Waals surface area (Å²) in [5, 5.41) is 0. The van der Waals surface area contributed by atoms with Crippen molar-refractivity contribution in [2.24, 2.45) is 29.6 Å². The second-order valence-corrected chi connectivity index (χ2v) is 10.9. The molecule has 0 aromatic heterocycles. The lowest BCUT2D eigenvalue weighted by Gasteiger charge is -2.38. The standard InChI is InChI=1S/C28H42F2/c1-2-20-3-5-21(6-4-20)7-8-22-9-11-23(12-10-22)24-13-15-25(16-14-24)26-17-18-27(29)28(30)19-26/h17-25H,2-16H2,1H3. The highest BCUT2D eigenvalue weighted by molar-refractivity contribution is 5.22. The summed E-state index contributed by atoms with van der Waals surface area (Å²) < 4.78 is 26.8. The molecular formula is C28H42F2. The zero-order valence-corrected chi connectivity index (χ0v) is 19.1. The fraction of sp³-hybridized carbons (Fsp3) is 0.786. The second kappa shape index (κ2) is 10.6. The van der Waals surface area contributed by atoms with E-state index < -0.39 is 11.6 Å². The van der Waals surface area contributed by atoms with Gasteiger partial charge in [-0.15, -0.1) is 0 Å². The Labute approximate surface area is 183 Å². The van der Waals surface area contributed by atoms with Gasteiger partial charge in [-0.05, 0) is 91.7 Å². The van der Waals surface area contributed by atoms with E-state index in [1.165, 1.54) is 95.6 Å². The van der Waals surface area contributed by atoms with Crippen LogP contribution in [0.25, 0.3) is 0 Å². The molecule has 0 heterocycles. The van der Waals surface area contributed by atoms with Gasteiger partial charge in [0.1, 0.15) is 0 Å². The van der Waals surface area contributed by atoms with Crippen LogP contribution in [0.4, 0.5) is 8.78 Å². The Morgan fingerprint density at radius 1 is 0.633 bits per heavy atom. The molecule has 3 aliphatic carbocycles. The maximum atomic E-state index is 13.6. The van der Waals surface area contributed by atoms with E-state index in [4.69, 9.17) is 0 Å². The fourth-order valence-electron chi connectivity index (χ4n) is 7.04. The van der Waals surface area contributed by atoms with Gasteiger partial charge in [-0.3, -0.25) is 0 Å². The van der Waals surface area contributed by atoms with Gasteiger partial charge in [0.05, 0.1) is 0 Å². The zero-order valence-electron chi connectivity index (χ0n) is 19.1. The van der Waals surface area contributed by atoms with E-state index in [0.29, 0.717) is 5.92 Å². The Bertz CT molecular complexity index is 645. The van der Waals surface area contributed by atoms with Gasteiger partial charge in [0.15, 0.2) is 11.6 Å². The van der Waals surface area contributed by atoms with E-state index >= 15 is 0 Å². The summed E-state index contributed by atoms with van der Waals surface area (Å²) in [5.74, 6) is 3.85. The van der Waals surface area contributed by atoms with Gasteiger partial charge < -0.3 is 0 Å². The first-order chi connectivity index (χ1) is 14.6. The van der Waals surface area contributed by atoms with Crippen LogP contribution in [0, 0.1) is 41.2 Å². The van der Waals surface area contributed by atoms with Crippen molar-refractivity contribution >= 4 is 0 Å². The first-order valence-corrected chi connectivity index (χ1v) is 13.1. The molecule has 1 aromatic rings. The molecule has 2 heteroatoms. The predicted octanol–water partition coefficient (Wildman–Crippen LogP) is 9.04. The molecule has 3 saturated carbocycles. The molecule has 0 bridgehead atoms. The Morgan fingerprint density at radius 2 is 1.13 bits per heavy atom. The summed E-state index contributed by atoms with van der Waals surface area (Å²) >= 11 is 0. The lowest BCUT2D eigenvalue weighted by Crippen LogP contribution is -2.25. The maximum absolute atomic E-state index is 13.6. The van der Waals surface area contributed by atoms with E-state index in [1.54, 1.807) is 6.07 Å². The highest BCUT2D eigenvalue weighted by Crippen LogP contribution is 2.45. The molecule has 0 unspecified atom stereocenters. The average molecular weight is 417 g/mol. The molecule has 3 aliphatic rings. The van der Waals surface area contributed by atoms with Gasteiger partial charge in [-0.2, -0.15) is 0 Å². The lowest BCUT2D eigenvalue weighted by atomic mass is 9.67. The normalized spacial score (nSPS) is 35.3. The van der Waals surface area contributed by atoms with Crippen molar-refractivity contribution in [1.29, 1.82) is 0 Å². The molecule has 4 rings (SSSR count). The minimum atomic E-state index is -0.724. The van der Waals surface area contributed by atoms with Crippen LogP contribution < -0.4 is 0 Å². The van der Waals surface area contributed by atoms with Crippen molar-refractivity contribution < 1.29 is 8.78 Å². The average Bonchev–Trinajstić information content (AvgIpc) is 2.80. The predicted molar refractivity (Wildman–Crippen MR) is 121 cm³/mol. The summed E-state index contributed by atoms with van der Waals surface area (Å²) in [6, 6.07) is 4.52. The Kier molecular flexibility index (Phi) is 7.87. The molecule has 1 aromatic carbocycles. The molecule has 168 valence electrons. The van der Waals surface area contributed by atoms with Crippen molar-refractivity contribution in [1.82, 2.24) is 0 Å². The summed E-state index contributed by atoms with van der Waals surface area (Å²) in [4.78, 5) is 0. The number of halogens is 2. The van der Waals surface area contributed by atoms with Gasteiger partial charge >= 0.3 is 0 Å². The molecule has 0 aliphatic heterocycles. The third kappa shape index (κ3) is 5.65. The van der Waals surface area contributed by atoms with Crippen LogP contribution in [0.3, 0.4) is 0 Å². The smallest absolute Gasteiger partial charge is 0.159 e. The molecule has 30 heavy (non-hydrogen) atoms. The first kappa shape index (κ1) is 22.3. The van der Waals surface area contributed by atoms with Crippen molar-refractivity contribution in [3.63, 3.8) is 0 Å². The van der Waals surface area contributed by atoms with Gasteiger partial charge in [0.2, 0.25) is 0 Å². The third-order valence-corrected chi connectivity index (χ3v) is 9.27. The number of benzene rings is 1. The topological polar surface area (TPSA) is 0 Å². The van der Waals surface area contributed by atoms with Crippen LogP contribution in [0.5, 0.6) is 0 Å². The van der Waals surface area contributed by atoms with E-state index in [-0.39, 0.29) is 0 Å². The lowest BCUT2D eigenvalue weighted by molar-refractivity contribution is 0.150. The quantitative estimate of drug-likeness (QED) is 0.434. The van der Waals surface area contributed by atoms with Gasteiger partial charge in [0.25, 0.3) is 0 Å². The number of hydrogen-bond acceptors (Lipinski definition) is 0. The fourth-order valence-corrected chi connectivity index (χ4v) is 7.04.